The average molecular weight is 1420 g/mol. The lowest BCUT2D eigenvalue weighted by atomic mass is 9.50. The summed E-state index contributed by atoms with van der Waals surface area (Å²) in [6, 6.07) is 80.0. The SMILES string of the molecule is CC(CCC(COc1ccc(-c2c3/c(=C(\C#N)c4nc5ccccc5o4)n(B(c4ccccc4)c4ccccc4)c(-c4ccc(OCC(CCC(C)C(C)(C)C)C(C)CC(C)(C)C)cc4)c3/c(=C(\C#N)c3nc4ccccc4o3)n2B(c2ccccc2)c2ccccc2)cc1)C(C)CC(C)(C)C)CC(C)(C)C. The maximum absolute atomic E-state index is 12.6. The van der Waals surface area contributed by atoms with Gasteiger partial charge in [0.1, 0.15) is 45.8 Å². The molecule has 12 aromatic rings. The predicted molar refractivity (Wildman–Crippen MR) is 446 cm³/mol. The first-order chi connectivity index (χ1) is 51.1. The average Bonchev–Trinajstić information content (AvgIpc) is 1.52. The van der Waals surface area contributed by atoms with Gasteiger partial charge in [0.05, 0.1) is 23.9 Å². The molecular weight excluding hydrogens is 1310 g/mol. The second-order valence-corrected chi connectivity index (χ2v) is 35.2. The van der Waals surface area contributed by atoms with Crippen LogP contribution in [0.1, 0.15) is 168 Å². The summed E-state index contributed by atoms with van der Waals surface area (Å²) in [5.74, 6) is 4.37. The minimum atomic E-state index is -0.622. The van der Waals surface area contributed by atoms with Crippen LogP contribution < -0.4 is 42.0 Å². The van der Waals surface area contributed by atoms with E-state index in [0.29, 0.717) is 92.4 Å². The zero-order valence-electron chi connectivity index (χ0n) is 66.1. The van der Waals surface area contributed by atoms with Gasteiger partial charge in [0, 0.05) is 22.2 Å². The molecule has 12 rings (SSSR count). The molecule has 0 radical (unpaired) electrons. The van der Waals surface area contributed by atoms with Crippen molar-refractivity contribution in [3.63, 3.8) is 0 Å². The fourth-order valence-corrected chi connectivity index (χ4v) is 16.6. The number of nitrogens with zero attached hydrogens (tertiary/aromatic N) is 6. The quantitative estimate of drug-likeness (QED) is 0.0466. The summed E-state index contributed by atoms with van der Waals surface area (Å²) in [4.78, 5) is 10.5. The van der Waals surface area contributed by atoms with Gasteiger partial charge in [0.2, 0.25) is 11.8 Å². The summed E-state index contributed by atoms with van der Waals surface area (Å²) in [5.41, 5.74) is 10.3. The largest absolute Gasteiger partial charge is 0.493 e. The third-order valence-corrected chi connectivity index (χ3v) is 22.0. The highest BCUT2D eigenvalue weighted by Crippen LogP contribution is 2.41. The lowest BCUT2D eigenvalue weighted by Gasteiger charge is -2.33. The van der Waals surface area contributed by atoms with Gasteiger partial charge in [-0.3, -0.25) is 0 Å². The van der Waals surface area contributed by atoms with Gasteiger partial charge in [-0.25, -0.2) is 9.97 Å². The number of aromatic nitrogens is 4. The first-order valence-corrected chi connectivity index (χ1v) is 38.9. The highest BCUT2D eigenvalue weighted by Gasteiger charge is 2.39. The number of ether oxygens (including phenoxy) is 2. The van der Waals surface area contributed by atoms with E-state index in [0.717, 1.165) is 101 Å². The van der Waals surface area contributed by atoms with E-state index >= 15 is 0 Å². The minimum absolute atomic E-state index is 0.148. The lowest BCUT2D eigenvalue weighted by molar-refractivity contribution is 0.139. The van der Waals surface area contributed by atoms with Crippen LogP contribution in [0, 0.1) is 79.8 Å². The molecule has 0 amide bonds. The molecule has 548 valence electrons. The van der Waals surface area contributed by atoms with E-state index in [1.165, 1.54) is 0 Å². The summed E-state index contributed by atoms with van der Waals surface area (Å²) >= 11 is 0. The fraction of sp³-hybridized carbons (Fsp3) is 0.368. The van der Waals surface area contributed by atoms with Crippen molar-refractivity contribution in [2.75, 3.05) is 13.2 Å². The summed E-state index contributed by atoms with van der Waals surface area (Å²) in [5, 5.41) is 27.7. The number of benzene rings is 8. The van der Waals surface area contributed by atoms with Gasteiger partial charge in [-0.2, -0.15) is 10.5 Å². The van der Waals surface area contributed by atoms with Crippen molar-refractivity contribution >= 4 is 79.7 Å². The molecule has 0 saturated carbocycles. The number of para-hydroxylation sites is 4. The van der Waals surface area contributed by atoms with Crippen LogP contribution in [0.25, 0.3) is 66.6 Å². The number of oxazole rings is 2. The van der Waals surface area contributed by atoms with Crippen molar-refractivity contribution in [3.05, 3.63) is 241 Å². The van der Waals surface area contributed by atoms with Crippen molar-refractivity contribution in [1.29, 1.82) is 10.5 Å². The highest BCUT2D eigenvalue weighted by molar-refractivity contribution is 6.85. The monoisotopic (exact) mass is 1420 g/mol. The first kappa shape index (κ1) is 76.6. The number of rotatable bonds is 27. The van der Waals surface area contributed by atoms with Crippen LogP contribution in [0.2, 0.25) is 0 Å². The molecule has 10 nitrogen and oxygen atoms in total. The van der Waals surface area contributed by atoms with Crippen molar-refractivity contribution in [1.82, 2.24) is 18.9 Å². The summed E-state index contributed by atoms with van der Waals surface area (Å²) in [6.07, 6.45) is 7.67. The van der Waals surface area contributed by atoms with E-state index in [1.54, 1.807) is 0 Å². The molecule has 107 heavy (non-hydrogen) atoms. The molecule has 0 aliphatic heterocycles. The molecule has 0 aliphatic rings. The Hall–Kier alpha value is -10.0. The highest BCUT2D eigenvalue weighted by atomic mass is 16.5. The van der Waals surface area contributed by atoms with Crippen molar-refractivity contribution in [2.24, 2.45) is 57.2 Å². The van der Waals surface area contributed by atoms with Crippen LogP contribution in [0.4, 0.5) is 0 Å². The van der Waals surface area contributed by atoms with E-state index in [-0.39, 0.29) is 44.6 Å². The number of hydrogen-bond donors (Lipinski definition) is 0. The fourth-order valence-electron chi connectivity index (χ4n) is 16.6. The maximum atomic E-state index is 12.6. The van der Waals surface area contributed by atoms with Crippen LogP contribution in [0.3, 0.4) is 0 Å². The zero-order valence-corrected chi connectivity index (χ0v) is 66.1. The second kappa shape index (κ2) is 32.6. The third-order valence-electron chi connectivity index (χ3n) is 22.0. The summed E-state index contributed by atoms with van der Waals surface area (Å²) in [7, 11) is 0. The Morgan fingerprint density at radius 3 is 1.06 bits per heavy atom. The Balaban J connectivity index is 1.22. The van der Waals surface area contributed by atoms with Gasteiger partial charge < -0.3 is 27.3 Å². The normalized spacial score (nSPS) is 14.6. The Bertz CT molecular complexity index is 4940. The van der Waals surface area contributed by atoms with Crippen molar-refractivity contribution in [3.8, 4) is 46.2 Å². The van der Waals surface area contributed by atoms with Gasteiger partial charge >= 0.3 is 13.7 Å². The zero-order chi connectivity index (χ0) is 76.0. The van der Waals surface area contributed by atoms with E-state index in [2.05, 4.69) is 277 Å². The molecule has 0 spiro atoms. The molecule has 0 fully saturated rings. The van der Waals surface area contributed by atoms with E-state index in [4.69, 9.17) is 28.3 Å². The Morgan fingerprint density at radius 1 is 0.411 bits per heavy atom. The topological polar surface area (TPSA) is 128 Å². The predicted octanol–water partition coefficient (Wildman–Crippen LogP) is 20.3. The Labute approximate surface area is 636 Å². The molecule has 6 atom stereocenters. The molecule has 0 aliphatic carbocycles. The van der Waals surface area contributed by atoms with Crippen LogP contribution in [0.15, 0.2) is 227 Å². The number of nitriles is 2. The van der Waals surface area contributed by atoms with E-state index in [1.807, 2.05) is 72.8 Å². The maximum Gasteiger partial charge on any atom is 0.328 e. The summed E-state index contributed by atoms with van der Waals surface area (Å²) in [6.45, 7) is 37.6. The second-order valence-electron chi connectivity index (χ2n) is 35.2. The third kappa shape index (κ3) is 18.0. The van der Waals surface area contributed by atoms with Gasteiger partial charge in [-0.1, -0.05) is 285 Å². The molecular formula is C95H108B2N6O4. The molecule has 6 unspecified atom stereocenters. The van der Waals surface area contributed by atoms with Crippen LogP contribution in [-0.4, -0.2) is 45.8 Å². The Kier molecular flexibility index (Phi) is 23.3. The van der Waals surface area contributed by atoms with Gasteiger partial charge in [0.25, 0.3) is 0 Å². The number of fused-ring (bicyclic) bond motifs is 3. The van der Waals surface area contributed by atoms with Crippen LogP contribution >= 0.6 is 0 Å². The van der Waals surface area contributed by atoms with E-state index in [9.17, 15) is 10.5 Å². The van der Waals surface area contributed by atoms with Crippen molar-refractivity contribution < 1.29 is 18.3 Å². The van der Waals surface area contributed by atoms with E-state index < -0.39 is 13.7 Å². The van der Waals surface area contributed by atoms with Crippen LogP contribution in [0.5, 0.6) is 11.5 Å². The molecule has 0 bridgehead atoms. The molecule has 0 N–H and O–H groups in total. The Morgan fingerprint density at radius 2 is 0.738 bits per heavy atom. The lowest BCUT2D eigenvalue weighted by Crippen LogP contribution is -2.54. The number of hydrogen-bond acceptors (Lipinski definition) is 8. The van der Waals surface area contributed by atoms with Crippen LogP contribution in [-0.2, 0) is 0 Å². The van der Waals surface area contributed by atoms with Gasteiger partial charge in [0.15, 0.2) is 11.2 Å². The van der Waals surface area contributed by atoms with Gasteiger partial charge in [-0.05, 0) is 180 Å². The first-order valence-electron chi connectivity index (χ1n) is 38.9. The molecule has 12 heteroatoms. The minimum Gasteiger partial charge on any atom is -0.493 e. The van der Waals surface area contributed by atoms with Crippen molar-refractivity contribution in [2.45, 2.75) is 156 Å². The van der Waals surface area contributed by atoms with Gasteiger partial charge in [-0.15, -0.1) is 0 Å². The summed E-state index contributed by atoms with van der Waals surface area (Å²) < 4.78 is 32.7. The smallest absolute Gasteiger partial charge is 0.328 e. The molecule has 0 saturated heterocycles. The molecule has 4 heterocycles. The standard InChI is InChI=1S/C95H108B2N6O4/c1-64(57-92(5,6)7)45-47-70(65(2)58-93(8,9)10)62-104-76-53-49-68(50-54-76)86-84-85(89(79(61-99)91-101-81-42-30-32-44-83(81)107-91)102(86)96(72-33-21-17-22-34-72)73-35-23-18-24-36-73)87(69-51-55-77(56-52-69)105-63-71(66(3)59-94(11,12)13)48-46-67(4)95(14,15)16)103(97(74-37-25-19-26-38-74)75-39-27-20-28-40-75)88(84)78(60-98)90-100-80-41-29-31-43-82(80)106-90/h17-44,49-56,64-67,70-71H,45-48,57-59,62-63H2,1-16H3/b88-78-,89-79-. The molecule has 8 aromatic carbocycles. The molecule has 4 aromatic heterocycles.